The number of piperidine rings is 1. The molecule has 4 aromatic rings. The summed E-state index contributed by atoms with van der Waals surface area (Å²) in [5.74, 6) is 1.20. The Morgan fingerprint density at radius 1 is 0.950 bits per heavy atom. The lowest BCUT2D eigenvalue weighted by molar-refractivity contribution is -0.0740. The maximum absolute atomic E-state index is 6.31. The van der Waals surface area contributed by atoms with Crippen LogP contribution in [0.3, 0.4) is 0 Å². The minimum Gasteiger partial charge on any atom is -0.383 e. The molecule has 8 heteroatoms. The lowest BCUT2D eigenvalue weighted by atomic mass is 9.87. The Balaban J connectivity index is 0.00000142. The van der Waals surface area contributed by atoms with Gasteiger partial charge in [0.25, 0.3) is 0 Å². The maximum atomic E-state index is 6.31. The first-order chi connectivity index (χ1) is 19.7. The highest BCUT2D eigenvalue weighted by Crippen LogP contribution is 2.35. The van der Waals surface area contributed by atoms with Gasteiger partial charge in [-0.1, -0.05) is 44.2 Å². The second-order valence-electron chi connectivity index (χ2n) is 10.5. The SMILES string of the molecule is CC.NCN1CC2CC(C1)N2Cc1ccc(-n2c(-c3cccnc3N)nc3ccc(C4=CCCC=C4)nc32)cc1. The predicted molar refractivity (Wildman–Crippen MR) is 163 cm³/mol. The lowest BCUT2D eigenvalue weighted by Crippen LogP contribution is -2.68. The van der Waals surface area contributed by atoms with E-state index in [9.17, 15) is 0 Å². The van der Waals surface area contributed by atoms with E-state index in [0.717, 1.165) is 72.0 Å². The fourth-order valence-electron chi connectivity index (χ4n) is 6.10. The Labute approximate surface area is 236 Å². The summed E-state index contributed by atoms with van der Waals surface area (Å²) in [4.78, 5) is 19.4. The second-order valence-corrected chi connectivity index (χ2v) is 10.5. The highest BCUT2D eigenvalue weighted by molar-refractivity contribution is 5.85. The molecule has 3 saturated heterocycles. The third-order valence-corrected chi connectivity index (χ3v) is 8.11. The normalized spacial score (nSPS) is 20.5. The van der Waals surface area contributed by atoms with E-state index < -0.39 is 0 Å². The van der Waals surface area contributed by atoms with Gasteiger partial charge in [0.15, 0.2) is 11.5 Å². The van der Waals surface area contributed by atoms with Crippen LogP contribution in [0.25, 0.3) is 33.8 Å². The molecule has 1 aliphatic carbocycles. The van der Waals surface area contributed by atoms with E-state index in [2.05, 4.69) is 74.0 Å². The van der Waals surface area contributed by atoms with Crippen LogP contribution in [0.2, 0.25) is 0 Å². The number of benzene rings is 1. The zero-order chi connectivity index (χ0) is 27.6. The minimum absolute atomic E-state index is 0.453. The molecule has 8 nitrogen and oxygen atoms in total. The molecule has 4 N–H and O–H groups in total. The summed E-state index contributed by atoms with van der Waals surface area (Å²) in [5, 5.41) is 0. The van der Waals surface area contributed by atoms with Crippen LogP contribution in [0.4, 0.5) is 5.82 Å². The van der Waals surface area contributed by atoms with Crippen LogP contribution in [0.15, 0.2) is 73.0 Å². The molecule has 6 heterocycles. The van der Waals surface area contributed by atoms with Crippen molar-refractivity contribution in [1.29, 1.82) is 0 Å². The third kappa shape index (κ3) is 4.83. The number of piperazine rings is 1. The molecule has 0 spiro atoms. The van der Waals surface area contributed by atoms with E-state index in [1.807, 2.05) is 26.0 Å². The third-order valence-electron chi connectivity index (χ3n) is 8.11. The Morgan fingerprint density at radius 2 is 1.75 bits per heavy atom. The minimum atomic E-state index is 0.453. The van der Waals surface area contributed by atoms with Gasteiger partial charge in [0.2, 0.25) is 0 Å². The summed E-state index contributed by atoms with van der Waals surface area (Å²) >= 11 is 0. The van der Waals surface area contributed by atoms with Gasteiger partial charge in [0.05, 0.1) is 11.3 Å². The number of nitrogens with two attached hydrogens (primary N) is 2. The summed E-state index contributed by atoms with van der Waals surface area (Å²) in [6.45, 7) is 7.76. The van der Waals surface area contributed by atoms with E-state index in [1.165, 1.54) is 12.0 Å². The van der Waals surface area contributed by atoms with Crippen LogP contribution in [-0.4, -0.2) is 61.2 Å². The predicted octanol–water partition coefficient (Wildman–Crippen LogP) is 5.00. The number of hydrogen-bond donors (Lipinski definition) is 2. The van der Waals surface area contributed by atoms with Crippen molar-refractivity contribution in [3.05, 3.63) is 84.2 Å². The van der Waals surface area contributed by atoms with E-state index in [1.54, 1.807) is 6.20 Å². The number of allylic oxidation sites excluding steroid dienone is 4. The van der Waals surface area contributed by atoms with Gasteiger partial charge in [0.1, 0.15) is 11.3 Å². The molecule has 3 aliphatic heterocycles. The van der Waals surface area contributed by atoms with E-state index in [-0.39, 0.29) is 0 Å². The van der Waals surface area contributed by atoms with Crippen LogP contribution in [0.1, 0.15) is 44.4 Å². The Bertz CT molecular complexity index is 1540. The van der Waals surface area contributed by atoms with E-state index >= 15 is 0 Å². The smallest absolute Gasteiger partial charge is 0.165 e. The van der Waals surface area contributed by atoms with Crippen molar-refractivity contribution in [1.82, 2.24) is 29.3 Å². The first kappa shape index (κ1) is 26.4. The molecule has 8 rings (SSSR count). The molecule has 2 atom stereocenters. The highest BCUT2D eigenvalue weighted by Gasteiger charge is 2.43. The average Bonchev–Trinajstić information content (AvgIpc) is 3.40. The van der Waals surface area contributed by atoms with Gasteiger partial charge in [-0.25, -0.2) is 15.0 Å². The topological polar surface area (TPSA) is 102 Å². The summed E-state index contributed by atoms with van der Waals surface area (Å²) in [7, 11) is 0. The van der Waals surface area contributed by atoms with Gasteiger partial charge in [-0.05, 0) is 66.8 Å². The van der Waals surface area contributed by atoms with Gasteiger partial charge in [-0.2, -0.15) is 0 Å². The molecule has 206 valence electrons. The number of pyridine rings is 2. The van der Waals surface area contributed by atoms with Crippen molar-refractivity contribution >= 4 is 22.6 Å². The molecule has 40 heavy (non-hydrogen) atoms. The highest BCUT2D eigenvalue weighted by atomic mass is 15.4. The number of anilines is 1. The van der Waals surface area contributed by atoms with Gasteiger partial charge >= 0.3 is 0 Å². The first-order valence-corrected chi connectivity index (χ1v) is 14.4. The molecule has 2 bridgehead atoms. The van der Waals surface area contributed by atoms with Gasteiger partial charge in [-0.3, -0.25) is 14.4 Å². The fraction of sp³-hybridized carbons (Fsp3) is 0.344. The molecule has 0 saturated carbocycles. The molecule has 2 unspecified atom stereocenters. The van der Waals surface area contributed by atoms with Crippen molar-refractivity contribution < 1.29 is 0 Å². The van der Waals surface area contributed by atoms with Gasteiger partial charge < -0.3 is 11.5 Å². The van der Waals surface area contributed by atoms with Crippen LogP contribution in [-0.2, 0) is 6.54 Å². The lowest BCUT2D eigenvalue weighted by Gasteiger charge is -2.56. The standard InChI is InChI=1S/C30H32N8.C2H6/c31-19-36-17-23-15-24(18-36)37(23)16-20-8-10-22(11-9-20)38-29(25-7-4-14-33-28(25)32)35-27-13-12-26(34-30(27)38)21-5-2-1-3-6-21;1-2/h2,4-14,23-24H,1,3,15-19,31H2,(H2,32,33);1-2H3. The number of aromatic nitrogens is 4. The summed E-state index contributed by atoms with van der Waals surface area (Å²) in [6.07, 6.45) is 11.7. The Kier molecular flexibility index (Phi) is 7.47. The molecular weight excluding hydrogens is 496 g/mol. The quantitative estimate of drug-likeness (QED) is 0.359. The zero-order valence-electron chi connectivity index (χ0n) is 23.4. The maximum Gasteiger partial charge on any atom is 0.165 e. The number of imidazole rings is 1. The monoisotopic (exact) mass is 534 g/mol. The van der Waals surface area contributed by atoms with Gasteiger partial charge in [0, 0.05) is 50.3 Å². The molecule has 1 aromatic carbocycles. The second kappa shape index (κ2) is 11.3. The molecule has 4 aliphatic rings. The van der Waals surface area contributed by atoms with Crippen molar-refractivity contribution in [3.63, 3.8) is 0 Å². The van der Waals surface area contributed by atoms with Gasteiger partial charge in [-0.15, -0.1) is 0 Å². The number of nitrogen functional groups attached to an aromatic ring is 1. The van der Waals surface area contributed by atoms with Crippen molar-refractivity contribution in [2.24, 2.45) is 5.73 Å². The Morgan fingerprint density at radius 3 is 2.45 bits per heavy atom. The van der Waals surface area contributed by atoms with Crippen molar-refractivity contribution in [2.75, 3.05) is 25.5 Å². The Hall–Kier alpha value is -3.85. The number of hydrogen-bond acceptors (Lipinski definition) is 7. The van der Waals surface area contributed by atoms with Crippen LogP contribution >= 0.6 is 0 Å². The number of nitrogens with zero attached hydrogens (tertiary/aromatic N) is 6. The molecule has 3 fully saturated rings. The molecule has 3 aromatic heterocycles. The summed E-state index contributed by atoms with van der Waals surface area (Å²) < 4.78 is 2.11. The van der Waals surface area contributed by atoms with Crippen molar-refractivity contribution in [3.8, 4) is 17.1 Å². The van der Waals surface area contributed by atoms with Crippen LogP contribution in [0, 0.1) is 0 Å². The fourth-order valence-corrected chi connectivity index (χ4v) is 6.10. The number of fused-ring (bicyclic) bond motifs is 3. The van der Waals surface area contributed by atoms with Crippen molar-refractivity contribution in [2.45, 2.75) is 51.7 Å². The molecule has 0 amide bonds. The van der Waals surface area contributed by atoms with E-state index in [0.29, 0.717) is 24.6 Å². The van der Waals surface area contributed by atoms with Crippen LogP contribution in [0.5, 0.6) is 0 Å². The number of rotatable bonds is 6. The summed E-state index contributed by atoms with van der Waals surface area (Å²) in [5.41, 5.74) is 19.0. The van der Waals surface area contributed by atoms with Crippen LogP contribution < -0.4 is 11.5 Å². The molecule has 0 radical (unpaired) electrons. The zero-order valence-corrected chi connectivity index (χ0v) is 23.4. The average molecular weight is 535 g/mol. The largest absolute Gasteiger partial charge is 0.383 e. The first-order valence-electron chi connectivity index (χ1n) is 14.4. The summed E-state index contributed by atoms with van der Waals surface area (Å²) in [6, 6.07) is 18.0. The van der Waals surface area contributed by atoms with E-state index in [4.69, 9.17) is 21.4 Å². The molecular formula is C32H38N8.